The molecule has 0 aliphatic heterocycles. The van der Waals surface area contributed by atoms with Crippen molar-refractivity contribution in [1.29, 1.82) is 0 Å². The lowest BCUT2D eigenvalue weighted by Crippen LogP contribution is -2.21. The normalized spacial score (nSPS) is 11.4. The maximum atomic E-state index is 13.9. The number of aromatic nitrogens is 1. The van der Waals surface area contributed by atoms with Crippen LogP contribution in [-0.2, 0) is 0 Å². The molecule has 0 unspecified atom stereocenters. The number of aromatic carboxylic acids is 1. The number of pyridine rings is 1. The summed E-state index contributed by atoms with van der Waals surface area (Å²) in [6, 6.07) is 4.57. The molecule has 0 radical (unpaired) electrons. The number of anilines is 1. The van der Waals surface area contributed by atoms with E-state index in [-0.39, 0.29) is 16.3 Å². The summed E-state index contributed by atoms with van der Waals surface area (Å²) in [6.07, 6.45) is -4.69. The second-order valence-corrected chi connectivity index (χ2v) is 5.04. The predicted molar refractivity (Wildman–Crippen MR) is 77.6 cm³/mol. The Morgan fingerprint density at radius 3 is 2.54 bits per heavy atom. The highest BCUT2D eigenvalue weighted by Crippen LogP contribution is 2.33. The topological polar surface area (TPSA) is 85.4 Å². The van der Waals surface area contributed by atoms with Crippen LogP contribution in [0.2, 0.25) is 5.02 Å². The van der Waals surface area contributed by atoms with Crippen molar-refractivity contribution in [3.05, 3.63) is 40.8 Å². The molecule has 1 aromatic carbocycles. The van der Waals surface area contributed by atoms with Gasteiger partial charge in [-0.15, -0.1) is 0 Å². The molecule has 0 atom stereocenters. The molecule has 0 fully saturated rings. The second-order valence-electron chi connectivity index (χ2n) is 4.61. The zero-order chi connectivity index (χ0) is 18.1. The summed E-state index contributed by atoms with van der Waals surface area (Å²) in [5.74, 6) is -3.21. The molecule has 128 valence electrons. The van der Waals surface area contributed by atoms with Gasteiger partial charge in [0.2, 0.25) is 0 Å². The van der Waals surface area contributed by atoms with Gasteiger partial charge in [-0.3, -0.25) is 0 Å². The fourth-order valence-corrected chi connectivity index (χ4v) is 2.00. The Morgan fingerprint density at radius 1 is 1.33 bits per heavy atom. The van der Waals surface area contributed by atoms with Crippen LogP contribution in [-0.4, -0.2) is 28.8 Å². The molecule has 2 aromatic rings. The molecule has 10 heteroatoms. The van der Waals surface area contributed by atoms with Crippen LogP contribution in [0.3, 0.4) is 0 Å². The Labute approximate surface area is 137 Å². The van der Waals surface area contributed by atoms with Crippen molar-refractivity contribution in [2.75, 3.05) is 12.3 Å². The minimum Gasteiger partial charge on any atom is -0.479 e. The summed E-state index contributed by atoms with van der Waals surface area (Å²) in [6.45, 7) is -1.74. The lowest BCUT2D eigenvalue weighted by atomic mass is 10.1. The van der Waals surface area contributed by atoms with Crippen molar-refractivity contribution in [1.82, 2.24) is 4.98 Å². The third-order valence-electron chi connectivity index (χ3n) is 2.79. The average molecular weight is 365 g/mol. The zero-order valence-corrected chi connectivity index (χ0v) is 12.5. The van der Waals surface area contributed by atoms with E-state index in [1.165, 1.54) is 12.1 Å². The number of carbonyl (C=O) groups is 1. The summed E-state index contributed by atoms with van der Waals surface area (Å²) in [5, 5.41) is 9.21. The standard InChI is InChI=1S/C14H9ClF4N2O3/c15-6-1-2-7(8(16)3-6)10-4-9(20)12(11(21-10)13(22)23)24-5-14(17,18)19/h1-4H,5H2,(H2,20,21)(H,22,23). The number of rotatable bonds is 4. The van der Waals surface area contributed by atoms with E-state index in [9.17, 15) is 22.4 Å². The summed E-state index contributed by atoms with van der Waals surface area (Å²) < 4.78 is 55.1. The molecule has 1 aromatic heterocycles. The number of benzene rings is 1. The van der Waals surface area contributed by atoms with E-state index < -0.39 is 41.7 Å². The molecule has 0 amide bonds. The first-order chi connectivity index (χ1) is 11.1. The minimum absolute atomic E-state index is 0.104. The van der Waals surface area contributed by atoms with E-state index in [2.05, 4.69) is 9.72 Å². The third-order valence-corrected chi connectivity index (χ3v) is 3.03. The number of hydrogen-bond acceptors (Lipinski definition) is 4. The number of nitrogen functional groups attached to an aromatic ring is 1. The fourth-order valence-electron chi connectivity index (χ4n) is 1.84. The van der Waals surface area contributed by atoms with Crippen LogP contribution >= 0.6 is 11.6 Å². The van der Waals surface area contributed by atoms with Crippen molar-refractivity contribution in [3.8, 4) is 17.0 Å². The molecule has 0 bridgehead atoms. The van der Waals surface area contributed by atoms with Gasteiger partial charge < -0.3 is 15.6 Å². The number of carboxylic acid groups (broad SMARTS) is 1. The van der Waals surface area contributed by atoms with Gasteiger partial charge in [-0.2, -0.15) is 13.2 Å². The molecule has 0 saturated carbocycles. The number of nitrogens with zero attached hydrogens (tertiary/aromatic N) is 1. The summed E-state index contributed by atoms with van der Waals surface area (Å²) in [4.78, 5) is 14.9. The molecular weight excluding hydrogens is 356 g/mol. The predicted octanol–water partition coefficient (Wildman–Crippen LogP) is 3.76. The molecule has 0 spiro atoms. The van der Waals surface area contributed by atoms with E-state index in [4.69, 9.17) is 22.4 Å². The van der Waals surface area contributed by atoms with Gasteiger partial charge in [-0.05, 0) is 24.3 Å². The molecule has 3 N–H and O–H groups in total. The van der Waals surface area contributed by atoms with Crippen LogP contribution in [0.1, 0.15) is 10.5 Å². The molecule has 2 rings (SSSR count). The van der Waals surface area contributed by atoms with Gasteiger partial charge in [-0.1, -0.05) is 11.6 Å². The van der Waals surface area contributed by atoms with Crippen molar-refractivity contribution in [3.63, 3.8) is 0 Å². The Morgan fingerprint density at radius 2 is 2.00 bits per heavy atom. The monoisotopic (exact) mass is 364 g/mol. The highest BCUT2D eigenvalue weighted by molar-refractivity contribution is 6.30. The molecule has 0 aliphatic rings. The van der Waals surface area contributed by atoms with Crippen molar-refractivity contribution in [2.45, 2.75) is 6.18 Å². The Balaban J connectivity index is 2.52. The zero-order valence-electron chi connectivity index (χ0n) is 11.7. The van der Waals surface area contributed by atoms with E-state index in [0.717, 1.165) is 12.1 Å². The van der Waals surface area contributed by atoms with Crippen LogP contribution < -0.4 is 10.5 Å². The average Bonchev–Trinajstić information content (AvgIpc) is 2.44. The Bertz CT molecular complexity index is 796. The minimum atomic E-state index is -4.69. The number of halogens is 5. The van der Waals surface area contributed by atoms with Crippen LogP contribution in [0.25, 0.3) is 11.3 Å². The Kier molecular flexibility index (Phi) is 4.83. The van der Waals surface area contributed by atoms with Gasteiger partial charge in [0.05, 0.1) is 11.4 Å². The molecule has 1 heterocycles. The van der Waals surface area contributed by atoms with Crippen LogP contribution in [0.4, 0.5) is 23.2 Å². The maximum Gasteiger partial charge on any atom is 0.422 e. The molecule has 0 saturated heterocycles. The fraction of sp³-hybridized carbons (Fsp3) is 0.143. The molecule has 5 nitrogen and oxygen atoms in total. The lowest BCUT2D eigenvalue weighted by molar-refractivity contribution is -0.153. The largest absolute Gasteiger partial charge is 0.479 e. The highest BCUT2D eigenvalue weighted by atomic mass is 35.5. The van der Waals surface area contributed by atoms with Gasteiger partial charge in [0.15, 0.2) is 18.1 Å². The first-order valence-corrected chi connectivity index (χ1v) is 6.65. The van der Waals surface area contributed by atoms with Gasteiger partial charge in [-0.25, -0.2) is 14.2 Å². The van der Waals surface area contributed by atoms with Gasteiger partial charge in [0.1, 0.15) is 5.82 Å². The van der Waals surface area contributed by atoms with Gasteiger partial charge in [0, 0.05) is 10.6 Å². The number of ether oxygens (including phenoxy) is 1. The third kappa shape index (κ3) is 4.05. The lowest BCUT2D eigenvalue weighted by Gasteiger charge is -2.14. The van der Waals surface area contributed by atoms with E-state index >= 15 is 0 Å². The number of alkyl halides is 3. The molecular formula is C14H9ClF4N2O3. The van der Waals surface area contributed by atoms with E-state index in [1.807, 2.05) is 0 Å². The van der Waals surface area contributed by atoms with E-state index in [1.54, 1.807) is 0 Å². The van der Waals surface area contributed by atoms with Gasteiger partial charge in [0.25, 0.3) is 0 Å². The molecule has 24 heavy (non-hydrogen) atoms. The number of hydrogen-bond donors (Lipinski definition) is 2. The maximum absolute atomic E-state index is 13.9. The summed E-state index contributed by atoms with van der Waals surface area (Å²) in [5.41, 5.74) is 3.99. The van der Waals surface area contributed by atoms with Crippen LogP contribution in [0.5, 0.6) is 5.75 Å². The van der Waals surface area contributed by atoms with Gasteiger partial charge >= 0.3 is 12.1 Å². The highest BCUT2D eigenvalue weighted by Gasteiger charge is 2.30. The Hall–Kier alpha value is -2.55. The second kappa shape index (κ2) is 6.52. The number of carboxylic acids is 1. The number of nitrogens with two attached hydrogens (primary N) is 1. The summed E-state index contributed by atoms with van der Waals surface area (Å²) in [7, 11) is 0. The van der Waals surface area contributed by atoms with Crippen LogP contribution in [0, 0.1) is 5.82 Å². The van der Waals surface area contributed by atoms with Crippen LogP contribution in [0.15, 0.2) is 24.3 Å². The quantitative estimate of drug-likeness (QED) is 0.807. The van der Waals surface area contributed by atoms with Crippen molar-refractivity contribution >= 4 is 23.3 Å². The van der Waals surface area contributed by atoms with Crippen molar-refractivity contribution < 1.29 is 32.2 Å². The first kappa shape index (κ1) is 17.8. The smallest absolute Gasteiger partial charge is 0.422 e. The SMILES string of the molecule is Nc1cc(-c2ccc(Cl)cc2F)nc(C(=O)O)c1OCC(F)(F)F. The molecule has 0 aliphatic carbocycles. The summed E-state index contributed by atoms with van der Waals surface area (Å²) >= 11 is 5.62. The first-order valence-electron chi connectivity index (χ1n) is 6.27. The van der Waals surface area contributed by atoms with Crippen molar-refractivity contribution in [2.24, 2.45) is 0 Å². The van der Waals surface area contributed by atoms with E-state index in [0.29, 0.717) is 0 Å².